The minimum Gasteiger partial charge on any atom is -0.335 e. The number of carbonyl (C=O) groups is 1. The van der Waals surface area contributed by atoms with Gasteiger partial charge in [-0.15, -0.1) is 0 Å². The summed E-state index contributed by atoms with van der Waals surface area (Å²) in [6.07, 6.45) is 0.349. The number of benzene rings is 2. The summed E-state index contributed by atoms with van der Waals surface area (Å²) >= 11 is 2.86. The number of hydrogen-bond acceptors (Lipinski definition) is 3. The molecule has 0 aromatic heterocycles. The number of halogens is 3. The third-order valence-corrected chi connectivity index (χ3v) is 4.00. The van der Waals surface area contributed by atoms with Gasteiger partial charge in [-0.1, -0.05) is 18.2 Å². The molecule has 3 nitrogen and oxygen atoms in total. The van der Waals surface area contributed by atoms with Crippen molar-refractivity contribution >= 4 is 27.6 Å². The zero-order valence-electron chi connectivity index (χ0n) is 10.8. The van der Waals surface area contributed by atoms with Crippen molar-refractivity contribution in [1.82, 2.24) is 0 Å². The first-order valence-electron chi connectivity index (χ1n) is 6.29. The maximum absolute atomic E-state index is 13.9. The second kappa shape index (κ2) is 5.44. The van der Waals surface area contributed by atoms with E-state index in [0.717, 1.165) is 6.07 Å². The fourth-order valence-corrected chi connectivity index (χ4v) is 2.59. The Labute approximate surface area is 128 Å². The van der Waals surface area contributed by atoms with Crippen LogP contribution in [0.15, 0.2) is 40.9 Å². The van der Waals surface area contributed by atoms with E-state index in [2.05, 4.69) is 15.9 Å². The first-order chi connectivity index (χ1) is 10.1. The smallest absolute Gasteiger partial charge is 0.335 e. The number of hydroxylamine groups is 1. The van der Waals surface area contributed by atoms with Crippen LogP contribution in [0.5, 0.6) is 0 Å². The lowest BCUT2D eigenvalue weighted by Gasteiger charge is -2.18. The highest BCUT2D eigenvalue weighted by atomic mass is 79.9. The molecular weight excluding hydrogens is 344 g/mol. The van der Waals surface area contributed by atoms with Crippen LogP contribution >= 0.6 is 15.9 Å². The van der Waals surface area contributed by atoms with Crippen LogP contribution in [-0.4, -0.2) is 12.5 Å². The van der Waals surface area contributed by atoms with Gasteiger partial charge in [0.25, 0.3) is 0 Å². The molecule has 0 unspecified atom stereocenters. The van der Waals surface area contributed by atoms with Gasteiger partial charge in [-0.05, 0) is 34.5 Å². The van der Waals surface area contributed by atoms with E-state index >= 15 is 0 Å². The van der Waals surface area contributed by atoms with Gasteiger partial charge in [-0.3, -0.25) is 0 Å². The summed E-state index contributed by atoms with van der Waals surface area (Å²) < 4.78 is 27.4. The van der Waals surface area contributed by atoms with Crippen molar-refractivity contribution in [2.45, 2.75) is 6.42 Å². The molecule has 1 aliphatic heterocycles. The quantitative estimate of drug-likeness (QED) is 0.767. The zero-order valence-corrected chi connectivity index (χ0v) is 12.4. The van der Waals surface area contributed by atoms with E-state index in [9.17, 15) is 13.6 Å². The molecule has 1 heterocycles. The second-order valence-electron chi connectivity index (χ2n) is 4.58. The van der Waals surface area contributed by atoms with E-state index in [1.165, 1.54) is 5.06 Å². The molecule has 0 fully saturated rings. The minimum absolute atomic E-state index is 0.197. The first-order valence-corrected chi connectivity index (χ1v) is 7.08. The predicted octanol–water partition coefficient (Wildman–Crippen LogP) is 3.86. The normalized spacial score (nSPS) is 13.2. The number of hydrogen-bond donors (Lipinski definition) is 0. The van der Waals surface area contributed by atoms with Crippen LogP contribution in [0.3, 0.4) is 0 Å². The Morgan fingerprint density at radius 1 is 1.24 bits per heavy atom. The SMILES string of the molecule is O=C(ON1CCc2c1cc(F)c(Br)c2F)c1ccccc1. The summed E-state index contributed by atoms with van der Waals surface area (Å²) in [5.41, 5.74) is 0.964. The maximum atomic E-state index is 13.9. The Kier molecular flexibility index (Phi) is 3.63. The third kappa shape index (κ3) is 2.51. The maximum Gasteiger partial charge on any atom is 0.363 e. The molecule has 2 aromatic carbocycles. The monoisotopic (exact) mass is 353 g/mol. The standard InChI is InChI=1S/C15H10BrF2NO2/c16-13-11(17)8-12-10(14(13)18)6-7-19(12)21-15(20)9-4-2-1-3-5-9/h1-5,8H,6-7H2. The summed E-state index contributed by atoms with van der Waals surface area (Å²) in [5.74, 6) is -1.94. The molecule has 2 aromatic rings. The zero-order chi connectivity index (χ0) is 15.0. The molecule has 3 rings (SSSR count). The number of rotatable bonds is 2. The average molecular weight is 354 g/mol. The van der Waals surface area contributed by atoms with Crippen molar-refractivity contribution in [2.75, 3.05) is 11.6 Å². The van der Waals surface area contributed by atoms with E-state index in [4.69, 9.17) is 4.84 Å². The van der Waals surface area contributed by atoms with Gasteiger partial charge in [0.1, 0.15) is 11.6 Å². The van der Waals surface area contributed by atoms with Gasteiger partial charge in [0, 0.05) is 11.6 Å². The van der Waals surface area contributed by atoms with Crippen molar-refractivity contribution in [1.29, 1.82) is 0 Å². The van der Waals surface area contributed by atoms with Crippen molar-refractivity contribution in [3.05, 3.63) is 63.6 Å². The molecule has 0 saturated heterocycles. The lowest BCUT2D eigenvalue weighted by molar-refractivity contribution is 0.0461. The van der Waals surface area contributed by atoms with Crippen molar-refractivity contribution in [2.24, 2.45) is 0 Å². The van der Waals surface area contributed by atoms with Gasteiger partial charge in [0.15, 0.2) is 0 Å². The number of nitrogens with zero attached hydrogens (tertiary/aromatic N) is 1. The number of anilines is 1. The lowest BCUT2D eigenvalue weighted by atomic mass is 10.1. The predicted molar refractivity (Wildman–Crippen MR) is 77.0 cm³/mol. The molecule has 0 atom stereocenters. The van der Waals surface area contributed by atoms with E-state index in [1.54, 1.807) is 30.3 Å². The van der Waals surface area contributed by atoms with Gasteiger partial charge < -0.3 is 4.84 Å². The minimum atomic E-state index is -0.728. The summed E-state index contributed by atoms with van der Waals surface area (Å²) in [6, 6.07) is 9.60. The summed E-state index contributed by atoms with van der Waals surface area (Å²) in [5, 5.41) is 1.23. The average Bonchev–Trinajstić information content (AvgIpc) is 2.89. The van der Waals surface area contributed by atoms with Crippen molar-refractivity contribution in [3.63, 3.8) is 0 Å². The molecule has 0 bridgehead atoms. The first kappa shape index (κ1) is 14.0. The van der Waals surface area contributed by atoms with E-state index in [-0.39, 0.29) is 10.2 Å². The van der Waals surface area contributed by atoms with Crippen LogP contribution in [0, 0.1) is 11.6 Å². The van der Waals surface area contributed by atoms with E-state index in [1.807, 2.05) is 0 Å². The van der Waals surface area contributed by atoms with Crippen LogP contribution < -0.4 is 5.06 Å². The Bertz CT molecular complexity index is 707. The molecule has 0 spiro atoms. The highest BCUT2D eigenvalue weighted by Gasteiger charge is 2.29. The lowest BCUT2D eigenvalue weighted by Crippen LogP contribution is -2.25. The molecule has 108 valence electrons. The molecule has 0 radical (unpaired) electrons. The van der Waals surface area contributed by atoms with Crippen LogP contribution in [0.25, 0.3) is 0 Å². The summed E-state index contributed by atoms with van der Waals surface area (Å²) in [7, 11) is 0. The number of fused-ring (bicyclic) bond motifs is 1. The fraction of sp³-hybridized carbons (Fsp3) is 0.133. The van der Waals surface area contributed by atoms with Gasteiger partial charge in [-0.2, -0.15) is 0 Å². The Hall–Kier alpha value is -1.95. The largest absolute Gasteiger partial charge is 0.363 e. The van der Waals surface area contributed by atoms with Crippen molar-refractivity contribution < 1.29 is 18.4 Å². The highest BCUT2D eigenvalue weighted by molar-refractivity contribution is 9.10. The molecular formula is C15H10BrF2NO2. The summed E-state index contributed by atoms with van der Waals surface area (Å²) in [6.45, 7) is 0.292. The Morgan fingerprint density at radius 3 is 2.67 bits per heavy atom. The highest BCUT2D eigenvalue weighted by Crippen LogP contribution is 2.36. The molecule has 0 amide bonds. The topological polar surface area (TPSA) is 29.5 Å². The fourth-order valence-electron chi connectivity index (χ4n) is 2.24. The van der Waals surface area contributed by atoms with Gasteiger partial charge in [0.05, 0.1) is 22.3 Å². The molecule has 0 N–H and O–H groups in total. The van der Waals surface area contributed by atoms with Crippen LogP contribution in [0.4, 0.5) is 14.5 Å². The van der Waals surface area contributed by atoms with Crippen molar-refractivity contribution in [3.8, 4) is 0 Å². The Balaban J connectivity index is 1.87. The number of carbonyl (C=O) groups excluding carboxylic acids is 1. The van der Waals surface area contributed by atoms with E-state index < -0.39 is 17.6 Å². The van der Waals surface area contributed by atoms with E-state index in [0.29, 0.717) is 24.1 Å². The Morgan fingerprint density at radius 2 is 1.95 bits per heavy atom. The molecule has 6 heteroatoms. The van der Waals surface area contributed by atoms with Crippen LogP contribution in [0.2, 0.25) is 0 Å². The van der Waals surface area contributed by atoms with Gasteiger partial charge >= 0.3 is 5.97 Å². The molecule has 0 saturated carbocycles. The van der Waals surface area contributed by atoms with Gasteiger partial charge in [0.2, 0.25) is 0 Å². The molecule has 1 aliphatic rings. The molecule has 21 heavy (non-hydrogen) atoms. The van der Waals surface area contributed by atoms with Gasteiger partial charge in [-0.25, -0.2) is 18.6 Å². The second-order valence-corrected chi connectivity index (χ2v) is 5.37. The molecule has 0 aliphatic carbocycles. The van der Waals surface area contributed by atoms with Crippen LogP contribution in [0.1, 0.15) is 15.9 Å². The summed E-state index contributed by atoms with van der Waals surface area (Å²) in [4.78, 5) is 17.2. The van der Waals surface area contributed by atoms with Crippen LogP contribution in [-0.2, 0) is 11.3 Å². The third-order valence-electron chi connectivity index (χ3n) is 3.28.